The van der Waals surface area contributed by atoms with E-state index in [1.807, 2.05) is 6.20 Å². The molecule has 12 aromatic rings. The molecule has 1 aliphatic rings. The summed E-state index contributed by atoms with van der Waals surface area (Å²) in [5, 5.41) is 11.1. The maximum atomic E-state index is 7.03. The molecular weight excluding hydrogens is 953 g/mol. The van der Waals surface area contributed by atoms with Gasteiger partial charge in [-0.15, -0.1) is 0 Å². The van der Waals surface area contributed by atoms with E-state index in [0.29, 0.717) is 6.67 Å². The van der Waals surface area contributed by atoms with Gasteiger partial charge < -0.3 is 14.2 Å². The number of anilines is 2. The molecule has 0 aliphatic carbocycles. The third kappa shape index (κ3) is 8.34. The van der Waals surface area contributed by atoms with E-state index in [9.17, 15) is 0 Å². The van der Waals surface area contributed by atoms with Crippen molar-refractivity contribution in [3.05, 3.63) is 224 Å². The van der Waals surface area contributed by atoms with Crippen molar-refractivity contribution in [3.8, 4) is 39.6 Å². The summed E-state index contributed by atoms with van der Waals surface area (Å²) < 4.78 is 11.9. The van der Waals surface area contributed by atoms with Crippen molar-refractivity contribution in [2.45, 2.75) is 78.7 Å². The zero-order chi connectivity index (χ0) is 53.0. The van der Waals surface area contributed by atoms with Gasteiger partial charge in [-0.1, -0.05) is 212 Å². The summed E-state index contributed by atoms with van der Waals surface area (Å²) in [5.41, 5.74) is 14.1. The Morgan fingerprint density at radius 3 is 1.77 bits per heavy atom. The molecule has 0 atom stereocenters. The standard InChI is InChI=1S/C71H64N4OSi/c1-70(2,3)48-37-38-72-66(42-48)75-63-33-19-29-54(46-21-11-10-12-22-46)67(63)62-36-35-52(44-65(62)75)76-51-24-17-23-50(43-51)73-45-74-68-55(47-39-49(71(4,5)6)41-53(40-47)77(7,8)9)30-18-31-60(68)58-27-15-13-25-56(58)57-26-14-16-28-59(57)61-32-20-34-64(73)69(61)74/h10-44H,45H2,1-9H3. The molecule has 0 unspecified atom stereocenters. The molecule has 3 aromatic heterocycles. The summed E-state index contributed by atoms with van der Waals surface area (Å²) in [5.74, 6) is 2.40. The van der Waals surface area contributed by atoms with Crippen LogP contribution in [0, 0.1) is 0 Å². The van der Waals surface area contributed by atoms with Crippen molar-refractivity contribution < 1.29 is 4.74 Å². The molecule has 77 heavy (non-hydrogen) atoms. The van der Waals surface area contributed by atoms with E-state index in [1.54, 1.807) is 0 Å². The highest BCUT2D eigenvalue weighted by atomic mass is 28.3. The smallest absolute Gasteiger partial charge is 0.137 e. The Labute approximate surface area is 453 Å². The normalized spacial score (nSPS) is 12.9. The van der Waals surface area contributed by atoms with E-state index in [-0.39, 0.29) is 10.8 Å². The van der Waals surface area contributed by atoms with Crippen LogP contribution in [-0.2, 0) is 17.5 Å². The molecule has 0 N–H and O–H groups in total. The van der Waals surface area contributed by atoms with Gasteiger partial charge in [0.15, 0.2) is 0 Å². The zero-order valence-corrected chi connectivity index (χ0v) is 46.6. The Bertz CT molecular complexity index is 4380. The van der Waals surface area contributed by atoms with Gasteiger partial charge in [-0.2, -0.15) is 0 Å². The number of ether oxygens (including phenoxy) is 1. The molecule has 378 valence electrons. The van der Waals surface area contributed by atoms with Crippen molar-refractivity contribution in [2.24, 2.45) is 0 Å². The molecule has 0 amide bonds. The highest BCUT2D eigenvalue weighted by Gasteiger charge is 2.28. The third-order valence-electron chi connectivity index (χ3n) is 15.9. The van der Waals surface area contributed by atoms with Gasteiger partial charge in [0.1, 0.15) is 24.0 Å². The number of nitrogens with zero attached hydrogens (tertiary/aromatic N) is 4. The second-order valence-electron chi connectivity index (χ2n) is 24.1. The topological polar surface area (TPSA) is 35.2 Å². The van der Waals surface area contributed by atoms with Crippen LogP contribution in [0.2, 0.25) is 19.6 Å². The maximum Gasteiger partial charge on any atom is 0.137 e. The number of rotatable bonds is 7. The number of benzene rings is 9. The minimum atomic E-state index is -1.73. The van der Waals surface area contributed by atoms with Crippen LogP contribution in [0.1, 0.15) is 52.7 Å². The van der Waals surface area contributed by atoms with Crippen molar-refractivity contribution in [1.29, 1.82) is 0 Å². The van der Waals surface area contributed by atoms with Crippen LogP contribution in [0.5, 0.6) is 11.5 Å². The second kappa shape index (κ2) is 18.1. The Morgan fingerprint density at radius 2 is 1.06 bits per heavy atom. The first-order valence-corrected chi connectivity index (χ1v) is 30.6. The highest BCUT2D eigenvalue weighted by Crippen LogP contribution is 2.46. The molecule has 6 heteroatoms. The minimum absolute atomic E-state index is 0.0258. The summed E-state index contributed by atoms with van der Waals surface area (Å²) in [6.07, 6.45) is 1.94. The number of aromatic nitrogens is 3. The number of fused-ring (bicyclic) bond motifs is 10. The van der Waals surface area contributed by atoms with Crippen LogP contribution >= 0.6 is 0 Å². The van der Waals surface area contributed by atoms with Crippen molar-refractivity contribution in [2.75, 3.05) is 4.90 Å². The summed E-state index contributed by atoms with van der Waals surface area (Å²) in [7, 11) is -1.73. The molecular formula is C71H64N4OSi. The van der Waals surface area contributed by atoms with Gasteiger partial charge >= 0.3 is 0 Å². The van der Waals surface area contributed by atoms with Gasteiger partial charge in [-0.3, -0.25) is 4.57 Å². The van der Waals surface area contributed by atoms with Gasteiger partial charge in [-0.05, 0) is 109 Å². The fourth-order valence-corrected chi connectivity index (χ4v) is 13.0. The predicted octanol–water partition coefficient (Wildman–Crippen LogP) is 19.1. The lowest BCUT2D eigenvalue weighted by atomic mass is 9.85. The first kappa shape index (κ1) is 48.2. The van der Waals surface area contributed by atoms with Crippen LogP contribution in [0.3, 0.4) is 0 Å². The predicted molar refractivity (Wildman–Crippen MR) is 331 cm³/mol. The number of pyridine rings is 1. The number of para-hydroxylation sites is 2. The SMILES string of the molecule is CC(C)(C)c1cc(-c2cccc3c4ccccc4c4ccccc4c4cccc5c4n(c23)CN5c2cccc(Oc3ccc4c5c(-c6ccccc6)cccc5n(-c5cc(C(C)(C)C)ccn5)c4c3)c2)cc([Si](C)(C)C)c1. The Hall–Kier alpha value is -8.45. The lowest BCUT2D eigenvalue weighted by Crippen LogP contribution is -2.38. The molecule has 0 spiro atoms. The minimum Gasteiger partial charge on any atom is -0.457 e. The maximum absolute atomic E-state index is 7.03. The fourth-order valence-electron chi connectivity index (χ4n) is 11.9. The molecule has 0 fully saturated rings. The average molecular weight is 1020 g/mol. The Kier molecular flexibility index (Phi) is 11.3. The van der Waals surface area contributed by atoms with Crippen LogP contribution in [0.15, 0.2) is 212 Å². The molecule has 13 rings (SSSR count). The Balaban J connectivity index is 1.00. The van der Waals surface area contributed by atoms with E-state index in [4.69, 9.17) is 9.72 Å². The second-order valence-corrected chi connectivity index (χ2v) is 29.2. The van der Waals surface area contributed by atoms with E-state index < -0.39 is 8.07 Å². The van der Waals surface area contributed by atoms with E-state index in [0.717, 1.165) is 45.1 Å². The van der Waals surface area contributed by atoms with E-state index in [1.165, 1.54) is 87.3 Å². The van der Waals surface area contributed by atoms with Crippen LogP contribution in [0.25, 0.3) is 93.2 Å². The summed E-state index contributed by atoms with van der Waals surface area (Å²) in [6.45, 7) is 21.8. The molecule has 4 heterocycles. The molecule has 0 saturated heterocycles. The summed E-state index contributed by atoms with van der Waals surface area (Å²) in [4.78, 5) is 7.50. The average Bonchev–Trinajstić information content (AvgIpc) is 4.12. The molecule has 0 bridgehead atoms. The monoisotopic (exact) mass is 1020 g/mol. The first-order chi connectivity index (χ1) is 37.1. The fraction of sp³-hybridized carbons (Fsp3) is 0.169. The third-order valence-corrected chi connectivity index (χ3v) is 17.9. The van der Waals surface area contributed by atoms with Crippen molar-refractivity contribution in [1.82, 2.24) is 14.1 Å². The molecule has 0 saturated carbocycles. The lowest BCUT2D eigenvalue weighted by molar-refractivity contribution is 0.483. The van der Waals surface area contributed by atoms with Crippen LogP contribution < -0.4 is 14.8 Å². The van der Waals surface area contributed by atoms with Crippen molar-refractivity contribution >= 4 is 89.8 Å². The summed E-state index contributed by atoms with van der Waals surface area (Å²) in [6, 6.07) is 76.1. The van der Waals surface area contributed by atoms with Crippen LogP contribution in [0.4, 0.5) is 11.4 Å². The molecule has 1 aliphatic heterocycles. The zero-order valence-electron chi connectivity index (χ0n) is 45.6. The molecule has 5 nitrogen and oxygen atoms in total. The van der Waals surface area contributed by atoms with E-state index >= 15 is 0 Å². The quantitative estimate of drug-likeness (QED) is 0.149. The molecule has 0 radical (unpaired) electrons. The lowest BCUT2D eigenvalue weighted by Gasteiger charge is -2.26. The van der Waals surface area contributed by atoms with Crippen molar-refractivity contribution in [3.63, 3.8) is 0 Å². The largest absolute Gasteiger partial charge is 0.457 e. The van der Waals surface area contributed by atoms with Crippen LogP contribution in [-0.4, -0.2) is 22.2 Å². The first-order valence-electron chi connectivity index (χ1n) is 27.1. The number of hydrogen-bond acceptors (Lipinski definition) is 3. The molecule has 9 aromatic carbocycles. The van der Waals surface area contributed by atoms with Gasteiger partial charge in [0.2, 0.25) is 0 Å². The van der Waals surface area contributed by atoms with Gasteiger partial charge in [-0.25, -0.2) is 4.98 Å². The highest BCUT2D eigenvalue weighted by molar-refractivity contribution is 6.88. The summed E-state index contributed by atoms with van der Waals surface area (Å²) >= 11 is 0. The Morgan fingerprint density at radius 1 is 0.455 bits per heavy atom. The van der Waals surface area contributed by atoms with Gasteiger partial charge in [0.05, 0.1) is 35.8 Å². The van der Waals surface area contributed by atoms with E-state index in [2.05, 4.69) is 281 Å². The van der Waals surface area contributed by atoms with Gasteiger partial charge in [0, 0.05) is 51.1 Å². The number of hydrogen-bond donors (Lipinski definition) is 0. The van der Waals surface area contributed by atoms with Gasteiger partial charge in [0.25, 0.3) is 0 Å².